The third kappa shape index (κ3) is 2.59. The summed E-state index contributed by atoms with van der Waals surface area (Å²) in [5, 5.41) is 0.223. The summed E-state index contributed by atoms with van der Waals surface area (Å²) in [5.41, 5.74) is 0. The minimum Gasteiger partial charge on any atom is -0.332 e. The lowest BCUT2D eigenvalue weighted by Crippen LogP contribution is -2.37. The van der Waals surface area contributed by atoms with Crippen LogP contribution in [0.1, 0.15) is 38.9 Å². The summed E-state index contributed by atoms with van der Waals surface area (Å²) >= 11 is 0. The Bertz CT molecular complexity index is 491. The quantitative estimate of drug-likeness (QED) is 0.857. The molecule has 6 heteroatoms. The third-order valence-electron chi connectivity index (χ3n) is 3.60. The zero-order chi connectivity index (χ0) is 13.2. The average Bonchev–Trinajstić information content (AvgIpc) is 2.76. The molecule has 1 aromatic rings. The smallest absolute Gasteiger partial charge is 0.260 e. The van der Waals surface area contributed by atoms with Crippen LogP contribution in [0.4, 0.5) is 0 Å². The zero-order valence-electron chi connectivity index (χ0n) is 11.0. The number of H-pyrrole nitrogens is 1. The monoisotopic (exact) mass is 271 g/mol. The van der Waals surface area contributed by atoms with Crippen LogP contribution in [-0.4, -0.2) is 35.8 Å². The third-order valence-corrected chi connectivity index (χ3v) is 5.45. The second kappa shape index (κ2) is 5.40. The average molecular weight is 271 g/mol. The predicted octanol–water partition coefficient (Wildman–Crippen LogP) is 1.78. The Morgan fingerprint density at radius 2 is 2.17 bits per heavy atom. The van der Waals surface area contributed by atoms with E-state index in [-0.39, 0.29) is 5.03 Å². The molecular weight excluding hydrogens is 250 g/mol. The first kappa shape index (κ1) is 13.5. The molecule has 0 aromatic carbocycles. The number of aromatic amines is 1. The van der Waals surface area contributed by atoms with E-state index in [0.717, 1.165) is 12.8 Å². The number of aromatic nitrogens is 2. The van der Waals surface area contributed by atoms with Crippen molar-refractivity contribution in [1.29, 1.82) is 0 Å². The Kier molecular flexibility index (Phi) is 4.07. The van der Waals surface area contributed by atoms with Gasteiger partial charge in [0.15, 0.2) is 5.03 Å². The van der Waals surface area contributed by atoms with Crippen molar-refractivity contribution in [2.45, 2.75) is 44.6 Å². The van der Waals surface area contributed by atoms with Gasteiger partial charge in [-0.15, -0.1) is 0 Å². The van der Waals surface area contributed by atoms with E-state index in [1.165, 1.54) is 12.6 Å². The van der Waals surface area contributed by atoms with Gasteiger partial charge >= 0.3 is 0 Å². The van der Waals surface area contributed by atoms with Crippen molar-refractivity contribution >= 4 is 10.0 Å². The van der Waals surface area contributed by atoms with E-state index < -0.39 is 10.0 Å². The Labute approximate surface area is 109 Å². The van der Waals surface area contributed by atoms with Crippen molar-refractivity contribution in [2.75, 3.05) is 13.1 Å². The van der Waals surface area contributed by atoms with Gasteiger partial charge in [0.2, 0.25) is 0 Å². The SMILES string of the molecule is CCc1ncc(S(=O)(=O)N(CC)CC2CCC2)[nH]1. The second-order valence-electron chi connectivity index (χ2n) is 4.80. The van der Waals surface area contributed by atoms with E-state index >= 15 is 0 Å². The van der Waals surface area contributed by atoms with Crippen molar-refractivity contribution in [2.24, 2.45) is 5.92 Å². The summed E-state index contributed by atoms with van der Waals surface area (Å²) in [7, 11) is -3.40. The van der Waals surface area contributed by atoms with Crippen LogP contribution in [-0.2, 0) is 16.4 Å². The molecule has 5 nitrogen and oxygen atoms in total. The highest BCUT2D eigenvalue weighted by Gasteiger charge is 2.29. The van der Waals surface area contributed by atoms with Crippen molar-refractivity contribution < 1.29 is 8.42 Å². The highest BCUT2D eigenvalue weighted by Crippen LogP contribution is 2.28. The molecular formula is C12H21N3O2S. The first-order valence-electron chi connectivity index (χ1n) is 6.62. The molecule has 0 spiro atoms. The number of nitrogens with zero attached hydrogens (tertiary/aromatic N) is 2. The molecule has 0 aliphatic heterocycles. The van der Waals surface area contributed by atoms with Crippen LogP contribution in [0.3, 0.4) is 0 Å². The van der Waals surface area contributed by atoms with Crippen molar-refractivity contribution in [3.8, 4) is 0 Å². The van der Waals surface area contributed by atoms with E-state index in [9.17, 15) is 8.42 Å². The molecule has 0 unspecified atom stereocenters. The van der Waals surface area contributed by atoms with Crippen molar-refractivity contribution in [3.05, 3.63) is 12.0 Å². The molecule has 0 atom stereocenters. The van der Waals surface area contributed by atoms with Crippen molar-refractivity contribution in [3.63, 3.8) is 0 Å². The van der Waals surface area contributed by atoms with Crippen LogP contribution in [0.15, 0.2) is 11.2 Å². The van der Waals surface area contributed by atoms with Gasteiger partial charge in [-0.1, -0.05) is 20.3 Å². The standard InChI is InChI=1S/C12H21N3O2S/c1-3-11-13-8-12(14-11)18(16,17)15(4-2)9-10-6-5-7-10/h8,10H,3-7,9H2,1-2H3,(H,13,14). The summed E-state index contributed by atoms with van der Waals surface area (Å²) in [5.74, 6) is 1.25. The Hall–Kier alpha value is -0.880. The molecule has 18 heavy (non-hydrogen) atoms. The molecule has 1 N–H and O–H groups in total. The molecule has 0 radical (unpaired) electrons. The van der Waals surface area contributed by atoms with Gasteiger partial charge in [-0.2, -0.15) is 4.31 Å². The Morgan fingerprint density at radius 3 is 2.61 bits per heavy atom. The number of rotatable bonds is 6. The Morgan fingerprint density at radius 1 is 1.44 bits per heavy atom. The number of sulfonamides is 1. The lowest BCUT2D eigenvalue weighted by Gasteiger charge is -2.30. The van der Waals surface area contributed by atoms with Gasteiger partial charge in [0.25, 0.3) is 10.0 Å². The normalized spacial score (nSPS) is 17.1. The van der Waals surface area contributed by atoms with Crippen LogP contribution in [0.2, 0.25) is 0 Å². The highest BCUT2D eigenvalue weighted by atomic mass is 32.2. The van der Waals surface area contributed by atoms with E-state index in [2.05, 4.69) is 9.97 Å². The molecule has 1 aliphatic carbocycles. The van der Waals surface area contributed by atoms with E-state index in [4.69, 9.17) is 0 Å². The van der Waals surface area contributed by atoms with Crippen LogP contribution in [0, 0.1) is 5.92 Å². The van der Waals surface area contributed by atoms with Gasteiger partial charge in [-0.25, -0.2) is 13.4 Å². The molecule has 1 saturated carbocycles. The maximum absolute atomic E-state index is 12.4. The number of imidazole rings is 1. The largest absolute Gasteiger partial charge is 0.332 e. The van der Waals surface area contributed by atoms with Gasteiger partial charge < -0.3 is 4.98 Å². The maximum Gasteiger partial charge on any atom is 0.260 e. The number of aryl methyl sites for hydroxylation is 1. The lowest BCUT2D eigenvalue weighted by molar-refractivity contribution is 0.249. The fourth-order valence-corrected chi connectivity index (χ4v) is 3.61. The minimum atomic E-state index is -3.40. The predicted molar refractivity (Wildman–Crippen MR) is 69.7 cm³/mol. The second-order valence-corrected chi connectivity index (χ2v) is 6.71. The molecule has 0 saturated heterocycles. The van der Waals surface area contributed by atoms with Crippen LogP contribution >= 0.6 is 0 Å². The number of nitrogens with one attached hydrogen (secondary N) is 1. The summed E-state index contributed by atoms with van der Waals surface area (Å²) < 4.78 is 26.4. The van der Waals surface area contributed by atoms with E-state index in [1.54, 1.807) is 4.31 Å². The zero-order valence-corrected chi connectivity index (χ0v) is 11.8. The fourth-order valence-electron chi connectivity index (χ4n) is 2.15. The minimum absolute atomic E-state index is 0.223. The maximum atomic E-state index is 12.4. The van der Waals surface area contributed by atoms with Crippen LogP contribution in [0.5, 0.6) is 0 Å². The van der Waals surface area contributed by atoms with E-state index in [1.807, 2.05) is 13.8 Å². The fraction of sp³-hybridized carbons (Fsp3) is 0.750. The molecule has 0 bridgehead atoms. The molecule has 1 aromatic heterocycles. The van der Waals surface area contributed by atoms with Gasteiger partial charge in [0, 0.05) is 19.5 Å². The van der Waals surface area contributed by atoms with Gasteiger partial charge in [-0.3, -0.25) is 0 Å². The molecule has 2 rings (SSSR count). The molecule has 102 valence electrons. The lowest BCUT2D eigenvalue weighted by atomic mass is 9.85. The van der Waals surface area contributed by atoms with E-state index in [0.29, 0.717) is 31.3 Å². The molecule has 1 aliphatic rings. The van der Waals surface area contributed by atoms with Gasteiger partial charge in [-0.05, 0) is 18.8 Å². The Balaban J connectivity index is 2.16. The van der Waals surface area contributed by atoms with Crippen LogP contribution in [0.25, 0.3) is 0 Å². The first-order chi connectivity index (χ1) is 8.57. The first-order valence-corrected chi connectivity index (χ1v) is 8.06. The summed E-state index contributed by atoms with van der Waals surface area (Å²) in [6.45, 7) is 4.98. The van der Waals surface area contributed by atoms with Crippen LogP contribution < -0.4 is 0 Å². The molecule has 0 amide bonds. The van der Waals surface area contributed by atoms with Gasteiger partial charge in [0.05, 0.1) is 6.20 Å². The van der Waals surface area contributed by atoms with Crippen molar-refractivity contribution in [1.82, 2.24) is 14.3 Å². The number of hydrogen-bond donors (Lipinski definition) is 1. The highest BCUT2D eigenvalue weighted by molar-refractivity contribution is 7.89. The molecule has 1 fully saturated rings. The summed E-state index contributed by atoms with van der Waals surface area (Å²) in [6.07, 6.45) is 5.67. The topological polar surface area (TPSA) is 66.1 Å². The summed E-state index contributed by atoms with van der Waals surface area (Å²) in [6, 6.07) is 0. The molecule has 1 heterocycles. The summed E-state index contributed by atoms with van der Waals surface area (Å²) in [4.78, 5) is 6.96. The number of hydrogen-bond acceptors (Lipinski definition) is 3. The van der Waals surface area contributed by atoms with Gasteiger partial charge in [0.1, 0.15) is 5.82 Å².